The number of nitrogen functional groups attached to an aromatic ring is 1. The molecule has 1 heterocycles. The van der Waals surface area contributed by atoms with Gasteiger partial charge in [-0.05, 0) is 0 Å². The number of hydrogen-bond acceptors (Lipinski definition) is 3. The molecule has 4 heteroatoms. The van der Waals surface area contributed by atoms with Crippen LogP contribution in [0.3, 0.4) is 0 Å². The Balaban J connectivity index is 2.14. The topological polar surface area (TPSA) is 35.2 Å². The van der Waals surface area contributed by atoms with Crippen LogP contribution in [0.25, 0.3) is 0 Å². The molecule has 0 bridgehead atoms. The van der Waals surface area contributed by atoms with Crippen molar-refractivity contribution in [1.29, 1.82) is 0 Å². The van der Waals surface area contributed by atoms with Gasteiger partial charge in [-0.15, -0.1) is 0 Å². The Bertz CT molecular complexity index is 669. The molecule has 0 aromatic carbocycles. The molecule has 0 atom stereocenters. The van der Waals surface area contributed by atoms with Gasteiger partial charge < -0.3 is 0 Å². The van der Waals surface area contributed by atoms with E-state index in [-0.39, 0.29) is 0 Å². The number of ether oxygens (including phenoxy) is 1. The number of hydrogen-bond donors (Lipinski definition) is 1. The summed E-state index contributed by atoms with van der Waals surface area (Å²) < 4.78 is 8.45. The maximum atomic E-state index is 6.46. The van der Waals surface area contributed by atoms with Crippen LogP contribution in [0.4, 0.5) is 5.00 Å². The second-order valence-corrected chi connectivity index (χ2v) is 20.3. The molecule has 0 aliphatic heterocycles. The van der Waals surface area contributed by atoms with Crippen molar-refractivity contribution in [3.8, 4) is 5.75 Å². The zero-order valence-electron chi connectivity index (χ0n) is 28.3. The van der Waals surface area contributed by atoms with Crippen LogP contribution in [-0.4, -0.2) is 27.7 Å². The van der Waals surface area contributed by atoms with Gasteiger partial charge in [0.25, 0.3) is 0 Å². The Morgan fingerprint density at radius 2 is 0.927 bits per heavy atom. The summed E-state index contributed by atoms with van der Waals surface area (Å²) in [6, 6.07) is 2.36. The van der Waals surface area contributed by atoms with E-state index in [9.17, 15) is 0 Å². The van der Waals surface area contributed by atoms with Gasteiger partial charge in [-0.3, -0.25) is 0 Å². The van der Waals surface area contributed by atoms with E-state index < -0.39 is 21.1 Å². The summed E-state index contributed by atoms with van der Waals surface area (Å²) in [7, 11) is 0. The first-order valence-corrected chi connectivity index (χ1v) is 22.1. The maximum absolute atomic E-state index is 6.46. The summed E-state index contributed by atoms with van der Waals surface area (Å²) in [5, 5.41) is 0.929. The van der Waals surface area contributed by atoms with Crippen LogP contribution in [0, 0.1) is 0 Å². The molecule has 0 fully saturated rings. The van der Waals surface area contributed by atoms with Crippen molar-refractivity contribution in [1.82, 2.24) is 0 Å². The molecule has 0 saturated heterocycles. The molecule has 0 aliphatic rings. The fraction of sp³-hybridized carbons (Fsp3) is 0.892. The summed E-state index contributed by atoms with van der Waals surface area (Å²) in [6.45, 7) is 10.2. The molecule has 2 nitrogen and oxygen atoms in total. The van der Waals surface area contributed by atoms with Gasteiger partial charge in [0.1, 0.15) is 0 Å². The number of thiophene rings is 1. The zero-order chi connectivity index (χ0) is 29.9. The SMILES string of the molecule is CCCCCCCCCCCCCCCCCCCCOc1c[c]([Sn][C](CCCC)(CCCC)CCCC)sc1N. The fourth-order valence-corrected chi connectivity index (χ4v) is 14.3. The van der Waals surface area contributed by atoms with E-state index in [1.165, 1.54) is 167 Å². The van der Waals surface area contributed by atoms with Crippen molar-refractivity contribution in [2.24, 2.45) is 0 Å². The molecule has 0 spiro atoms. The van der Waals surface area contributed by atoms with E-state index >= 15 is 0 Å². The van der Waals surface area contributed by atoms with Gasteiger partial charge in [0.05, 0.1) is 0 Å². The third-order valence-electron chi connectivity index (χ3n) is 8.90. The standard InChI is InChI=1S/C24H44NOS.C13H27.Sn/c1-2-3-4-5-6-7-8-9-10-11-12-13-14-15-16-17-18-19-21-26-23-20-22-27-24(23)25;1-4-7-10-13(11-8-5-2)12-9-6-3;/h20H,2-19,21,25H2,1H3;4-12H2,1-3H3;. The summed E-state index contributed by atoms with van der Waals surface area (Å²) in [5.74, 6) is 0.994. The van der Waals surface area contributed by atoms with Crippen molar-refractivity contribution >= 4 is 40.4 Å². The molecule has 41 heavy (non-hydrogen) atoms. The summed E-state index contributed by atoms with van der Waals surface area (Å²) >= 11 is 1.15. The second kappa shape index (κ2) is 27.6. The molecule has 0 unspecified atom stereocenters. The summed E-state index contributed by atoms with van der Waals surface area (Å²) in [5.41, 5.74) is 6.46. The van der Waals surface area contributed by atoms with Crippen LogP contribution >= 0.6 is 11.3 Å². The Morgan fingerprint density at radius 1 is 0.561 bits per heavy atom. The molecule has 0 aliphatic carbocycles. The Labute approximate surface area is 272 Å². The number of rotatable bonds is 31. The molecule has 1 aromatic rings. The van der Waals surface area contributed by atoms with Gasteiger partial charge in [-0.1, -0.05) is 77.6 Å². The Hall–Kier alpha value is 0.0987. The first-order valence-electron chi connectivity index (χ1n) is 18.4. The normalized spacial score (nSPS) is 11.9. The van der Waals surface area contributed by atoms with Crippen molar-refractivity contribution < 1.29 is 4.74 Å². The van der Waals surface area contributed by atoms with Gasteiger partial charge in [-0.25, -0.2) is 0 Å². The van der Waals surface area contributed by atoms with Crippen LogP contribution in [0.1, 0.15) is 201 Å². The molecule has 1 rings (SSSR count). The second-order valence-electron chi connectivity index (χ2n) is 12.9. The van der Waals surface area contributed by atoms with Crippen LogP contribution in [0.15, 0.2) is 6.07 Å². The molecule has 2 radical (unpaired) electrons. The third-order valence-corrected chi connectivity index (χ3v) is 16.0. The molecule has 2 N–H and O–H groups in total. The van der Waals surface area contributed by atoms with Crippen molar-refractivity contribution in [2.45, 2.75) is 204 Å². The molecule has 0 saturated carbocycles. The minimum atomic E-state index is -0.715. The van der Waals surface area contributed by atoms with E-state index in [1.54, 1.807) is 2.89 Å². The van der Waals surface area contributed by atoms with E-state index in [2.05, 4.69) is 33.8 Å². The van der Waals surface area contributed by atoms with Crippen LogP contribution in [0.5, 0.6) is 5.75 Å². The Morgan fingerprint density at radius 3 is 1.32 bits per heavy atom. The fourth-order valence-electron chi connectivity index (χ4n) is 6.12. The molecule has 1 aromatic heterocycles. The Kier molecular flexibility index (Phi) is 26.4. The van der Waals surface area contributed by atoms with Gasteiger partial charge >= 0.3 is 196 Å². The van der Waals surface area contributed by atoms with E-state index in [0.717, 1.165) is 23.8 Å². The van der Waals surface area contributed by atoms with Crippen molar-refractivity contribution in [3.63, 3.8) is 0 Å². The van der Waals surface area contributed by atoms with Crippen LogP contribution in [-0.2, 0) is 0 Å². The predicted molar refractivity (Wildman–Crippen MR) is 190 cm³/mol. The van der Waals surface area contributed by atoms with E-state index in [1.807, 2.05) is 11.3 Å². The number of anilines is 1. The van der Waals surface area contributed by atoms with Gasteiger partial charge in [-0.2, -0.15) is 0 Å². The van der Waals surface area contributed by atoms with Gasteiger partial charge in [0, 0.05) is 0 Å². The van der Waals surface area contributed by atoms with Crippen molar-refractivity contribution in [3.05, 3.63) is 6.07 Å². The van der Waals surface area contributed by atoms with E-state index in [0.29, 0.717) is 3.43 Å². The molecular weight excluding hydrogens is 625 g/mol. The monoisotopic (exact) mass is 697 g/mol. The number of nitrogens with two attached hydrogens (primary N) is 1. The molecule has 0 amide bonds. The summed E-state index contributed by atoms with van der Waals surface area (Å²) in [6.07, 6.45) is 37.9. The molecule has 240 valence electrons. The first kappa shape index (κ1) is 39.1. The van der Waals surface area contributed by atoms with Crippen molar-refractivity contribution in [2.75, 3.05) is 12.3 Å². The average molecular weight is 697 g/mol. The molecular formula is C37H71NOSSn. The summed E-state index contributed by atoms with van der Waals surface area (Å²) in [4.78, 5) is 0. The zero-order valence-corrected chi connectivity index (χ0v) is 31.9. The average Bonchev–Trinajstić information content (AvgIpc) is 3.32. The predicted octanol–water partition coefficient (Wildman–Crippen LogP) is 12.8. The quantitative estimate of drug-likeness (QED) is 0.0620. The minimum absolute atomic E-state index is 0.618. The van der Waals surface area contributed by atoms with E-state index in [4.69, 9.17) is 10.5 Å². The van der Waals surface area contributed by atoms with Gasteiger partial charge in [0.2, 0.25) is 0 Å². The van der Waals surface area contributed by atoms with Gasteiger partial charge in [0.15, 0.2) is 0 Å². The van der Waals surface area contributed by atoms with Crippen LogP contribution in [0.2, 0.25) is 3.43 Å². The van der Waals surface area contributed by atoms with Crippen LogP contribution < -0.4 is 13.4 Å². The first-order chi connectivity index (χ1) is 20.1. The number of unbranched alkanes of at least 4 members (excludes halogenated alkanes) is 20. The third kappa shape index (κ3) is 20.6.